The number of rotatable bonds is 4. The van der Waals surface area contributed by atoms with Crippen molar-refractivity contribution in [2.45, 2.75) is 6.42 Å². The van der Waals surface area contributed by atoms with E-state index < -0.39 is 4.92 Å². The Bertz CT molecular complexity index is 541. The van der Waals surface area contributed by atoms with Crippen molar-refractivity contribution in [2.75, 3.05) is 5.33 Å². The lowest BCUT2D eigenvalue weighted by Crippen LogP contribution is -2.00. The number of para-hydroxylation sites is 2. The molecular weight excluding hydrogens is 288 g/mol. The molecule has 0 unspecified atom stereocenters. The second-order valence-corrected chi connectivity index (χ2v) is 4.13. The lowest BCUT2D eigenvalue weighted by Gasteiger charge is -2.00. The van der Waals surface area contributed by atoms with Crippen molar-refractivity contribution in [3.05, 3.63) is 46.3 Å². The lowest BCUT2D eigenvalue weighted by atomic mass is 10.2. The summed E-state index contributed by atoms with van der Waals surface area (Å²) in [5.74, 6) is 0. The van der Waals surface area contributed by atoms with Crippen LogP contribution in [0.3, 0.4) is 0 Å². The van der Waals surface area contributed by atoms with Crippen LogP contribution in [-0.4, -0.2) is 25.2 Å². The summed E-state index contributed by atoms with van der Waals surface area (Å²) in [6.07, 6.45) is 2.43. The first-order chi connectivity index (χ1) is 8.22. The van der Waals surface area contributed by atoms with Gasteiger partial charge in [0.2, 0.25) is 0 Å². The molecule has 0 atom stereocenters. The molecule has 0 fully saturated rings. The van der Waals surface area contributed by atoms with E-state index in [1.54, 1.807) is 24.4 Å². The highest BCUT2D eigenvalue weighted by molar-refractivity contribution is 9.09. The Morgan fingerprint density at radius 3 is 2.88 bits per heavy atom. The minimum Gasteiger partial charge on any atom is -0.258 e. The quantitative estimate of drug-likeness (QED) is 0.492. The van der Waals surface area contributed by atoms with E-state index in [1.807, 2.05) is 0 Å². The smallest absolute Gasteiger partial charge is 0.258 e. The first kappa shape index (κ1) is 11.7. The molecule has 0 saturated heterocycles. The maximum Gasteiger partial charge on any atom is 0.294 e. The minimum absolute atomic E-state index is 0.0165. The van der Waals surface area contributed by atoms with Crippen LogP contribution in [0, 0.1) is 10.1 Å². The van der Waals surface area contributed by atoms with Crippen LogP contribution in [0.25, 0.3) is 5.69 Å². The molecule has 88 valence electrons. The number of nitro benzene ring substituents is 1. The molecule has 2 rings (SSSR count). The Hall–Kier alpha value is -1.76. The van der Waals surface area contributed by atoms with Crippen molar-refractivity contribution < 1.29 is 4.92 Å². The maximum absolute atomic E-state index is 10.9. The van der Waals surface area contributed by atoms with E-state index >= 15 is 0 Å². The molecule has 0 aliphatic rings. The predicted octanol–water partition coefficient (Wildman–Crippen LogP) is 2.11. The van der Waals surface area contributed by atoms with Crippen molar-refractivity contribution in [1.82, 2.24) is 15.0 Å². The molecule has 1 aromatic carbocycles. The molecular formula is C10H9BrN4O2. The van der Waals surface area contributed by atoms with Gasteiger partial charge in [-0.2, -0.15) is 0 Å². The number of nitro groups is 1. The summed E-state index contributed by atoms with van der Waals surface area (Å²) in [4.78, 5) is 10.4. The average Bonchev–Trinajstić information content (AvgIpc) is 2.78. The van der Waals surface area contributed by atoms with Gasteiger partial charge in [-0.1, -0.05) is 33.3 Å². The van der Waals surface area contributed by atoms with E-state index in [2.05, 4.69) is 26.2 Å². The fourth-order valence-corrected chi connectivity index (χ4v) is 1.85. The average molecular weight is 297 g/mol. The van der Waals surface area contributed by atoms with Crippen molar-refractivity contribution in [1.29, 1.82) is 0 Å². The molecule has 6 nitrogen and oxygen atoms in total. The number of aromatic nitrogens is 3. The Labute approximate surface area is 106 Å². The second kappa shape index (κ2) is 5.05. The van der Waals surface area contributed by atoms with Crippen LogP contribution >= 0.6 is 15.9 Å². The van der Waals surface area contributed by atoms with Crippen molar-refractivity contribution in [3.8, 4) is 5.69 Å². The monoisotopic (exact) mass is 296 g/mol. The van der Waals surface area contributed by atoms with Crippen LogP contribution < -0.4 is 0 Å². The van der Waals surface area contributed by atoms with Crippen LogP contribution in [0.2, 0.25) is 0 Å². The molecule has 0 bridgehead atoms. The van der Waals surface area contributed by atoms with E-state index in [0.29, 0.717) is 5.69 Å². The topological polar surface area (TPSA) is 73.8 Å². The molecule has 7 heteroatoms. The van der Waals surface area contributed by atoms with Gasteiger partial charge in [0.25, 0.3) is 5.69 Å². The van der Waals surface area contributed by atoms with Gasteiger partial charge in [-0.15, -0.1) is 5.10 Å². The predicted molar refractivity (Wildman–Crippen MR) is 65.5 cm³/mol. The Morgan fingerprint density at radius 1 is 1.41 bits per heavy atom. The fourth-order valence-electron chi connectivity index (χ4n) is 1.44. The fraction of sp³-hybridized carbons (Fsp3) is 0.200. The van der Waals surface area contributed by atoms with Gasteiger partial charge in [0.05, 0.1) is 16.8 Å². The van der Waals surface area contributed by atoms with Crippen molar-refractivity contribution in [2.24, 2.45) is 0 Å². The van der Waals surface area contributed by atoms with Gasteiger partial charge < -0.3 is 0 Å². The third-order valence-corrected chi connectivity index (χ3v) is 2.61. The number of halogens is 1. The van der Waals surface area contributed by atoms with Gasteiger partial charge in [0, 0.05) is 17.8 Å². The normalized spacial score (nSPS) is 10.4. The summed E-state index contributed by atoms with van der Waals surface area (Å²) in [5, 5.41) is 19.5. The van der Waals surface area contributed by atoms with E-state index in [0.717, 1.165) is 17.4 Å². The summed E-state index contributed by atoms with van der Waals surface area (Å²) in [6.45, 7) is 0. The van der Waals surface area contributed by atoms with Crippen LogP contribution in [0.5, 0.6) is 0 Å². The van der Waals surface area contributed by atoms with Gasteiger partial charge in [0.1, 0.15) is 5.69 Å². The largest absolute Gasteiger partial charge is 0.294 e. The Kier molecular flexibility index (Phi) is 3.48. The zero-order chi connectivity index (χ0) is 12.3. The van der Waals surface area contributed by atoms with Crippen molar-refractivity contribution >= 4 is 21.6 Å². The molecule has 17 heavy (non-hydrogen) atoms. The maximum atomic E-state index is 10.9. The standard InChI is InChI=1S/C10H9BrN4O2/c11-6-5-8-7-14(13-12-8)9-3-1-2-4-10(9)15(16)17/h1-4,7H,5-6H2. The van der Waals surface area contributed by atoms with E-state index in [9.17, 15) is 10.1 Å². The number of aryl methyl sites for hydroxylation is 1. The third kappa shape index (κ3) is 2.50. The van der Waals surface area contributed by atoms with Crippen LogP contribution in [-0.2, 0) is 6.42 Å². The van der Waals surface area contributed by atoms with E-state index in [1.165, 1.54) is 10.7 Å². The molecule has 1 heterocycles. The number of nitrogens with zero attached hydrogens (tertiary/aromatic N) is 4. The molecule has 0 spiro atoms. The minimum atomic E-state index is -0.429. The SMILES string of the molecule is O=[N+]([O-])c1ccccc1-n1cc(CCBr)nn1. The number of alkyl halides is 1. The van der Waals surface area contributed by atoms with Gasteiger partial charge in [0.15, 0.2) is 0 Å². The molecule has 0 aliphatic heterocycles. The zero-order valence-electron chi connectivity index (χ0n) is 8.78. The summed E-state index contributed by atoms with van der Waals surface area (Å²) >= 11 is 3.30. The first-order valence-corrected chi connectivity index (χ1v) is 6.05. The van der Waals surface area contributed by atoms with Gasteiger partial charge in [-0.25, -0.2) is 4.68 Å². The summed E-state index contributed by atoms with van der Waals surface area (Å²) < 4.78 is 1.43. The number of hydrogen-bond acceptors (Lipinski definition) is 4. The molecule has 0 aliphatic carbocycles. The third-order valence-electron chi connectivity index (χ3n) is 2.22. The van der Waals surface area contributed by atoms with E-state index in [4.69, 9.17) is 0 Å². The first-order valence-electron chi connectivity index (χ1n) is 4.93. The summed E-state index contributed by atoms with van der Waals surface area (Å²) in [7, 11) is 0. The van der Waals surface area contributed by atoms with Gasteiger partial charge in [-0.05, 0) is 6.07 Å². The highest BCUT2D eigenvalue weighted by atomic mass is 79.9. The van der Waals surface area contributed by atoms with Crippen LogP contribution in [0.1, 0.15) is 5.69 Å². The molecule has 0 radical (unpaired) electrons. The van der Waals surface area contributed by atoms with Gasteiger partial charge >= 0.3 is 0 Å². The molecule has 0 saturated carbocycles. The highest BCUT2D eigenvalue weighted by Crippen LogP contribution is 2.21. The van der Waals surface area contributed by atoms with Crippen LogP contribution in [0.4, 0.5) is 5.69 Å². The van der Waals surface area contributed by atoms with Crippen LogP contribution in [0.15, 0.2) is 30.5 Å². The molecule has 1 aromatic heterocycles. The van der Waals surface area contributed by atoms with Gasteiger partial charge in [-0.3, -0.25) is 10.1 Å². The van der Waals surface area contributed by atoms with E-state index in [-0.39, 0.29) is 5.69 Å². The Morgan fingerprint density at radius 2 is 2.18 bits per heavy atom. The van der Waals surface area contributed by atoms with Crippen molar-refractivity contribution in [3.63, 3.8) is 0 Å². The second-order valence-electron chi connectivity index (χ2n) is 3.34. The molecule has 0 N–H and O–H groups in total. The lowest BCUT2D eigenvalue weighted by molar-refractivity contribution is -0.384. The molecule has 2 aromatic rings. The number of hydrogen-bond donors (Lipinski definition) is 0. The highest BCUT2D eigenvalue weighted by Gasteiger charge is 2.15. The molecule has 0 amide bonds. The summed E-state index contributed by atoms with van der Waals surface area (Å²) in [6, 6.07) is 6.44. The summed E-state index contributed by atoms with van der Waals surface area (Å²) in [5.41, 5.74) is 1.23. The zero-order valence-corrected chi connectivity index (χ0v) is 10.4. The number of benzene rings is 1. The Balaban J connectivity index is 2.41.